The standard InChI is InChI=1S/C12H21ClN2OS/c1-4-9(5-2)7-15(6-3)12-14-11(13)10(8-16)17-12/h9,16H,4-8H2,1-3H3. The van der Waals surface area contributed by atoms with E-state index >= 15 is 0 Å². The first kappa shape index (κ1) is 14.7. The molecule has 1 aromatic heterocycles. The number of hydrogen-bond acceptors (Lipinski definition) is 4. The molecule has 5 heteroatoms. The molecule has 17 heavy (non-hydrogen) atoms. The van der Waals surface area contributed by atoms with E-state index in [1.807, 2.05) is 0 Å². The number of aliphatic hydroxyl groups excluding tert-OH is 1. The number of halogens is 1. The SMILES string of the molecule is CCC(CC)CN(CC)c1nc(Cl)c(CO)s1. The van der Waals surface area contributed by atoms with Crippen molar-refractivity contribution in [1.29, 1.82) is 0 Å². The lowest BCUT2D eigenvalue weighted by Crippen LogP contribution is -2.28. The molecule has 0 bridgehead atoms. The van der Waals surface area contributed by atoms with Crippen molar-refractivity contribution in [3.05, 3.63) is 10.0 Å². The van der Waals surface area contributed by atoms with Gasteiger partial charge in [0.2, 0.25) is 0 Å². The summed E-state index contributed by atoms with van der Waals surface area (Å²) in [6.07, 6.45) is 2.36. The molecule has 0 saturated heterocycles. The first-order valence-electron chi connectivity index (χ1n) is 6.17. The molecule has 1 aromatic rings. The van der Waals surface area contributed by atoms with Crippen LogP contribution in [0.5, 0.6) is 0 Å². The Hall–Kier alpha value is -0.320. The van der Waals surface area contributed by atoms with Crippen molar-refractivity contribution < 1.29 is 5.11 Å². The summed E-state index contributed by atoms with van der Waals surface area (Å²) in [4.78, 5) is 7.32. The van der Waals surface area contributed by atoms with Crippen LogP contribution >= 0.6 is 22.9 Å². The molecule has 0 fully saturated rings. The Morgan fingerprint density at radius 1 is 1.35 bits per heavy atom. The molecule has 0 aliphatic carbocycles. The van der Waals surface area contributed by atoms with Gasteiger partial charge >= 0.3 is 0 Å². The fourth-order valence-corrected chi connectivity index (χ4v) is 2.95. The number of nitrogens with zero attached hydrogens (tertiary/aromatic N) is 2. The maximum Gasteiger partial charge on any atom is 0.187 e. The van der Waals surface area contributed by atoms with Crippen LogP contribution in [0.15, 0.2) is 0 Å². The fourth-order valence-electron chi connectivity index (χ4n) is 1.76. The van der Waals surface area contributed by atoms with E-state index in [0.717, 1.165) is 23.1 Å². The predicted molar refractivity (Wildman–Crippen MR) is 75.0 cm³/mol. The van der Waals surface area contributed by atoms with Gasteiger partial charge in [-0.25, -0.2) is 4.98 Å². The van der Waals surface area contributed by atoms with E-state index in [1.165, 1.54) is 24.2 Å². The van der Waals surface area contributed by atoms with Crippen molar-refractivity contribution in [1.82, 2.24) is 4.98 Å². The van der Waals surface area contributed by atoms with Crippen LogP contribution < -0.4 is 4.90 Å². The third-order valence-corrected chi connectivity index (χ3v) is 4.59. The molecule has 0 spiro atoms. The van der Waals surface area contributed by atoms with Crippen molar-refractivity contribution in [2.75, 3.05) is 18.0 Å². The van der Waals surface area contributed by atoms with Gasteiger partial charge in [-0.2, -0.15) is 0 Å². The van der Waals surface area contributed by atoms with Gasteiger partial charge in [0.05, 0.1) is 11.5 Å². The largest absolute Gasteiger partial charge is 0.391 e. The van der Waals surface area contributed by atoms with E-state index in [4.69, 9.17) is 16.7 Å². The molecule has 0 radical (unpaired) electrons. The zero-order valence-corrected chi connectivity index (χ0v) is 12.3. The summed E-state index contributed by atoms with van der Waals surface area (Å²) in [6, 6.07) is 0. The predicted octanol–water partition coefficient (Wildman–Crippen LogP) is 3.55. The quantitative estimate of drug-likeness (QED) is 0.827. The molecule has 0 aromatic carbocycles. The Morgan fingerprint density at radius 3 is 2.41 bits per heavy atom. The maximum atomic E-state index is 9.13. The lowest BCUT2D eigenvalue weighted by Gasteiger charge is -2.24. The summed E-state index contributed by atoms with van der Waals surface area (Å²) < 4.78 is 0. The molecule has 1 heterocycles. The number of aromatic nitrogens is 1. The highest BCUT2D eigenvalue weighted by Crippen LogP contribution is 2.30. The monoisotopic (exact) mass is 276 g/mol. The van der Waals surface area contributed by atoms with Crippen LogP contribution in [-0.4, -0.2) is 23.2 Å². The molecule has 3 nitrogen and oxygen atoms in total. The van der Waals surface area contributed by atoms with Gasteiger partial charge in [-0.1, -0.05) is 49.6 Å². The summed E-state index contributed by atoms with van der Waals surface area (Å²) in [6.45, 7) is 8.46. The Morgan fingerprint density at radius 2 is 2.00 bits per heavy atom. The summed E-state index contributed by atoms with van der Waals surface area (Å²) in [7, 11) is 0. The molecule has 0 atom stereocenters. The van der Waals surface area contributed by atoms with Crippen LogP contribution in [0.25, 0.3) is 0 Å². The number of rotatable bonds is 7. The van der Waals surface area contributed by atoms with Crippen LogP contribution in [-0.2, 0) is 6.61 Å². The highest BCUT2D eigenvalue weighted by Gasteiger charge is 2.16. The average Bonchev–Trinajstić information content (AvgIpc) is 2.72. The second-order valence-corrected chi connectivity index (χ2v) is 5.51. The van der Waals surface area contributed by atoms with Crippen molar-refractivity contribution in [2.45, 2.75) is 40.2 Å². The third kappa shape index (κ3) is 3.83. The second kappa shape index (κ2) is 7.19. The van der Waals surface area contributed by atoms with Crippen LogP contribution in [0, 0.1) is 5.92 Å². The van der Waals surface area contributed by atoms with Crippen molar-refractivity contribution >= 4 is 28.1 Å². The molecule has 0 amide bonds. The van der Waals surface area contributed by atoms with Gasteiger partial charge in [0, 0.05) is 13.1 Å². The minimum Gasteiger partial charge on any atom is -0.391 e. The van der Waals surface area contributed by atoms with Gasteiger partial charge in [-0.05, 0) is 12.8 Å². The second-order valence-electron chi connectivity index (χ2n) is 4.09. The molecular formula is C12H21ClN2OS. The zero-order valence-electron chi connectivity index (χ0n) is 10.7. The number of anilines is 1. The van der Waals surface area contributed by atoms with E-state index < -0.39 is 0 Å². The van der Waals surface area contributed by atoms with Gasteiger partial charge in [0.1, 0.15) is 5.15 Å². The van der Waals surface area contributed by atoms with Crippen LogP contribution in [0.2, 0.25) is 5.15 Å². The van der Waals surface area contributed by atoms with E-state index in [0.29, 0.717) is 11.1 Å². The minimum absolute atomic E-state index is 0.0287. The summed E-state index contributed by atoms with van der Waals surface area (Å²) in [5.74, 6) is 0.690. The third-order valence-electron chi connectivity index (χ3n) is 3.07. The molecule has 0 saturated carbocycles. The molecule has 98 valence electrons. The molecule has 1 rings (SSSR count). The van der Waals surface area contributed by atoms with Gasteiger partial charge in [-0.3, -0.25) is 0 Å². The van der Waals surface area contributed by atoms with E-state index in [2.05, 4.69) is 30.7 Å². The smallest absolute Gasteiger partial charge is 0.187 e. The normalized spacial score (nSPS) is 11.2. The van der Waals surface area contributed by atoms with Gasteiger partial charge in [0.15, 0.2) is 5.13 Å². The average molecular weight is 277 g/mol. The fraction of sp³-hybridized carbons (Fsp3) is 0.750. The lowest BCUT2D eigenvalue weighted by molar-refractivity contribution is 0.285. The number of thiazole rings is 1. The van der Waals surface area contributed by atoms with Crippen molar-refractivity contribution in [3.63, 3.8) is 0 Å². The van der Waals surface area contributed by atoms with E-state index in [1.54, 1.807) is 0 Å². The number of hydrogen-bond donors (Lipinski definition) is 1. The first-order valence-corrected chi connectivity index (χ1v) is 7.36. The van der Waals surface area contributed by atoms with E-state index in [-0.39, 0.29) is 6.61 Å². The summed E-state index contributed by atoms with van der Waals surface area (Å²) >= 11 is 7.45. The van der Waals surface area contributed by atoms with Gasteiger partial charge in [-0.15, -0.1) is 0 Å². The molecule has 1 N–H and O–H groups in total. The van der Waals surface area contributed by atoms with Crippen LogP contribution in [0.4, 0.5) is 5.13 Å². The molecule has 0 aliphatic rings. The lowest BCUT2D eigenvalue weighted by atomic mass is 10.0. The maximum absolute atomic E-state index is 9.13. The Balaban J connectivity index is 2.78. The Labute approximate surface area is 112 Å². The van der Waals surface area contributed by atoms with Crippen LogP contribution in [0.3, 0.4) is 0 Å². The minimum atomic E-state index is -0.0287. The van der Waals surface area contributed by atoms with Crippen LogP contribution in [0.1, 0.15) is 38.5 Å². The molecular weight excluding hydrogens is 256 g/mol. The highest BCUT2D eigenvalue weighted by atomic mass is 35.5. The summed E-state index contributed by atoms with van der Waals surface area (Å²) in [5, 5.41) is 10.5. The van der Waals surface area contributed by atoms with Crippen molar-refractivity contribution in [2.24, 2.45) is 5.92 Å². The van der Waals surface area contributed by atoms with Gasteiger partial charge < -0.3 is 10.0 Å². The molecule has 0 unspecified atom stereocenters. The zero-order chi connectivity index (χ0) is 12.8. The topological polar surface area (TPSA) is 36.4 Å². The first-order chi connectivity index (χ1) is 8.15. The van der Waals surface area contributed by atoms with E-state index in [9.17, 15) is 0 Å². The molecule has 0 aliphatic heterocycles. The Bertz CT molecular complexity index is 339. The van der Waals surface area contributed by atoms with Crippen molar-refractivity contribution in [3.8, 4) is 0 Å². The number of aliphatic hydroxyl groups is 1. The van der Waals surface area contributed by atoms with Gasteiger partial charge in [0.25, 0.3) is 0 Å². The Kier molecular flexibility index (Phi) is 6.23. The highest BCUT2D eigenvalue weighted by molar-refractivity contribution is 7.16. The summed E-state index contributed by atoms with van der Waals surface area (Å²) in [5.41, 5.74) is 0.